The highest BCUT2D eigenvalue weighted by Crippen LogP contribution is 2.21. The smallest absolute Gasteiger partial charge is 0.333 e. The molecule has 192 valence electrons. The van der Waals surface area contributed by atoms with Gasteiger partial charge in [0.05, 0.1) is 18.2 Å². The summed E-state index contributed by atoms with van der Waals surface area (Å²) in [6.07, 6.45) is 3.95. The molecule has 0 spiro atoms. The van der Waals surface area contributed by atoms with Gasteiger partial charge in [-0.15, -0.1) is 0 Å². The molecule has 0 saturated carbocycles. The van der Waals surface area contributed by atoms with E-state index in [1.54, 1.807) is 31.9 Å². The highest BCUT2D eigenvalue weighted by atomic mass is 16.5. The zero-order chi connectivity index (χ0) is 25.9. The highest BCUT2D eigenvalue weighted by Gasteiger charge is 2.39. The number of carbonyl (C=O) groups excluding carboxylic acids is 3. The number of hydrogen-bond acceptors (Lipinski definition) is 5. The fraction of sp³-hybridized carbons (Fsp3) is 0.808. The Morgan fingerprint density at radius 1 is 0.970 bits per heavy atom. The van der Waals surface area contributed by atoms with Crippen LogP contribution in [0.15, 0.2) is 11.6 Å². The molecule has 0 saturated heterocycles. The summed E-state index contributed by atoms with van der Waals surface area (Å²) in [6, 6.07) is -0.788. The third-order valence-corrected chi connectivity index (χ3v) is 6.49. The number of likely N-dealkylation sites (N-methyl/N-ethyl adjacent to an activating group) is 1. The Kier molecular flexibility index (Phi) is 13.6. The molecule has 7 heteroatoms. The fourth-order valence-corrected chi connectivity index (χ4v) is 3.89. The average Bonchev–Trinajstić information content (AvgIpc) is 2.77. The van der Waals surface area contributed by atoms with E-state index in [1.165, 1.54) is 0 Å². The Morgan fingerprint density at radius 3 is 1.91 bits per heavy atom. The van der Waals surface area contributed by atoms with E-state index in [1.807, 2.05) is 41.5 Å². The van der Waals surface area contributed by atoms with E-state index < -0.39 is 11.6 Å². The quantitative estimate of drug-likeness (QED) is 0.297. The Balaban J connectivity index is 5.88. The lowest BCUT2D eigenvalue weighted by atomic mass is 9.89. The minimum absolute atomic E-state index is 0.0734. The van der Waals surface area contributed by atoms with Gasteiger partial charge >= 0.3 is 5.97 Å². The number of hydrogen-bond donors (Lipinski definition) is 2. The van der Waals surface area contributed by atoms with Gasteiger partial charge in [0, 0.05) is 18.7 Å². The Labute approximate surface area is 202 Å². The zero-order valence-electron chi connectivity index (χ0n) is 22.9. The second kappa shape index (κ2) is 14.4. The van der Waals surface area contributed by atoms with Crippen molar-refractivity contribution in [3.05, 3.63) is 11.6 Å². The lowest BCUT2D eigenvalue weighted by molar-refractivity contribution is -0.140. The molecule has 0 bridgehead atoms. The Morgan fingerprint density at radius 2 is 1.52 bits per heavy atom. The van der Waals surface area contributed by atoms with Crippen molar-refractivity contribution in [2.75, 3.05) is 13.7 Å². The topological polar surface area (TPSA) is 87.7 Å². The molecule has 2 amide bonds. The fourth-order valence-electron chi connectivity index (χ4n) is 3.89. The molecule has 0 aromatic rings. The molecule has 0 aliphatic carbocycles. The number of nitrogens with zero attached hydrogens (tertiary/aromatic N) is 1. The SMILES string of the molecule is CCOC(=O)/C(C)=C/[C@H](C(C)C)N(C)C(=O)C(NC(=O)C(CC)(CC)NC(C)CC)C(C)C. The van der Waals surface area contributed by atoms with Crippen LogP contribution in [-0.4, -0.2) is 60.0 Å². The summed E-state index contributed by atoms with van der Waals surface area (Å²) in [6.45, 7) is 19.8. The predicted molar refractivity (Wildman–Crippen MR) is 135 cm³/mol. The van der Waals surface area contributed by atoms with Gasteiger partial charge in [0.25, 0.3) is 0 Å². The van der Waals surface area contributed by atoms with Gasteiger partial charge in [0.1, 0.15) is 6.04 Å². The van der Waals surface area contributed by atoms with E-state index in [9.17, 15) is 14.4 Å². The standard InChI is InChI=1S/C26H49N3O4/c1-12-20(10)28-26(13-2,14-3)25(32)27-22(18(7)8)23(30)29(11)21(17(5)6)16-19(9)24(31)33-15-4/h16-18,20-22,28H,12-15H2,1-11H3,(H,27,32)/b19-16+/t20?,21-,22?/m1/s1. The molecule has 33 heavy (non-hydrogen) atoms. The van der Waals surface area contributed by atoms with Crippen LogP contribution in [0.3, 0.4) is 0 Å². The van der Waals surface area contributed by atoms with Gasteiger partial charge < -0.3 is 20.3 Å². The lowest BCUT2D eigenvalue weighted by Crippen LogP contribution is -2.63. The van der Waals surface area contributed by atoms with Crippen molar-refractivity contribution in [2.24, 2.45) is 11.8 Å². The number of nitrogens with one attached hydrogen (secondary N) is 2. The molecule has 0 heterocycles. The van der Waals surface area contributed by atoms with Crippen molar-refractivity contribution in [1.82, 2.24) is 15.5 Å². The van der Waals surface area contributed by atoms with Crippen LogP contribution in [0.25, 0.3) is 0 Å². The van der Waals surface area contributed by atoms with Gasteiger partial charge in [-0.25, -0.2) is 4.79 Å². The molecule has 2 N–H and O–H groups in total. The second-order valence-electron chi connectivity index (χ2n) is 9.69. The van der Waals surface area contributed by atoms with Crippen LogP contribution in [0.1, 0.15) is 88.5 Å². The van der Waals surface area contributed by atoms with Crippen molar-refractivity contribution in [3.8, 4) is 0 Å². The highest BCUT2D eigenvalue weighted by molar-refractivity contribution is 5.92. The third kappa shape index (κ3) is 8.76. The molecule has 7 nitrogen and oxygen atoms in total. The molecule has 2 unspecified atom stereocenters. The Hall–Kier alpha value is -1.89. The maximum absolute atomic E-state index is 13.6. The van der Waals surface area contributed by atoms with Gasteiger partial charge in [0.15, 0.2) is 0 Å². The first-order valence-electron chi connectivity index (χ1n) is 12.5. The molecule has 0 rings (SSSR count). The second-order valence-corrected chi connectivity index (χ2v) is 9.69. The minimum atomic E-state index is -0.723. The molecular weight excluding hydrogens is 418 g/mol. The summed E-state index contributed by atoms with van der Waals surface area (Å²) in [7, 11) is 1.73. The van der Waals surface area contributed by atoms with E-state index in [-0.39, 0.29) is 41.7 Å². The van der Waals surface area contributed by atoms with E-state index >= 15 is 0 Å². The monoisotopic (exact) mass is 467 g/mol. The molecule has 0 aromatic heterocycles. The van der Waals surface area contributed by atoms with Gasteiger partial charge in [-0.05, 0) is 51.9 Å². The molecule has 0 aliphatic rings. The van der Waals surface area contributed by atoms with Gasteiger partial charge in [0.2, 0.25) is 11.8 Å². The van der Waals surface area contributed by atoms with Crippen LogP contribution in [-0.2, 0) is 19.1 Å². The first-order valence-corrected chi connectivity index (χ1v) is 12.5. The van der Waals surface area contributed by atoms with Crippen LogP contribution in [0.4, 0.5) is 0 Å². The number of esters is 1. The summed E-state index contributed by atoms with van der Waals surface area (Å²) < 4.78 is 5.09. The molecule has 0 fully saturated rings. The molecule has 3 atom stereocenters. The Bertz CT molecular complexity index is 668. The molecule has 0 radical (unpaired) electrons. The summed E-state index contributed by atoms with van der Waals surface area (Å²) in [5, 5.41) is 6.54. The van der Waals surface area contributed by atoms with E-state index in [2.05, 4.69) is 24.5 Å². The number of amides is 2. The van der Waals surface area contributed by atoms with Gasteiger partial charge in [-0.1, -0.05) is 54.5 Å². The van der Waals surface area contributed by atoms with Crippen LogP contribution in [0.2, 0.25) is 0 Å². The summed E-state index contributed by atoms with van der Waals surface area (Å²) in [4.78, 5) is 40.8. The van der Waals surface area contributed by atoms with Gasteiger partial charge in [-0.3, -0.25) is 9.59 Å². The summed E-state index contributed by atoms with van der Waals surface area (Å²) >= 11 is 0. The van der Waals surface area contributed by atoms with Crippen LogP contribution >= 0.6 is 0 Å². The predicted octanol–water partition coefficient (Wildman–Crippen LogP) is 4.07. The largest absolute Gasteiger partial charge is 0.463 e. The number of rotatable bonds is 14. The molecular formula is C26H49N3O4. The first-order chi connectivity index (χ1) is 15.3. The van der Waals surface area contributed by atoms with Gasteiger partial charge in [-0.2, -0.15) is 0 Å². The van der Waals surface area contributed by atoms with E-state index in [4.69, 9.17) is 4.74 Å². The molecule has 0 aromatic carbocycles. The van der Waals surface area contributed by atoms with Crippen molar-refractivity contribution in [3.63, 3.8) is 0 Å². The third-order valence-electron chi connectivity index (χ3n) is 6.49. The summed E-state index contributed by atoms with van der Waals surface area (Å²) in [5.41, 5.74) is -0.256. The van der Waals surface area contributed by atoms with E-state index in [0.717, 1.165) is 6.42 Å². The average molecular weight is 468 g/mol. The van der Waals surface area contributed by atoms with Crippen molar-refractivity contribution >= 4 is 17.8 Å². The maximum atomic E-state index is 13.6. The van der Waals surface area contributed by atoms with Crippen LogP contribution in [0.5, 0.6) is 0 Å². The first kappa shape index (κ1) is 31.1. The number of ether oxygens (including phenoxy) is 1. The normalized spacial score (nSPS) is 15.2. The lowest BCUT2D eigenvalue weighted by Gasteiger charge is -2.38. The van der Waals surface area contributed by atoms with E-state index in [0.29, 0.717) is 25.0 Å². The van der Waals surface area contributed by atoms with Crippen molar-refractivity contribution in [1.29, 1.82) is 0 Å². The van der Waals surface area contributed by atoms with Crippen molar-refractivity contribution in [2.45, 2.75) is 112 Å². The van der Waals surface area contributed by atoms with Crippen molar-refractivity contribution < 1.29 is 19.1 Å². The van der Waals surface area contributed by atoms with Crippen LogP contribution < -0.4 is 10.6 Å². The summed E-state index contributed by atoms with van der Waals surface area (Å²) in [5.74, 6) is -0.724. The minimum Gasteiger partial charge on any atom is -0.463 e. The molecule has 0 aliphatic heterocycles. The zero-order valence-corrected chi connectivity index (χ0v) is 22.9. The van der Waals surface area contributed by atoms with Crippen LogP contribution in [0, 0.1) is 11.8 Å². The maximum Gasteiger partial charge on any atom is 0.333 e. The number of carbonyl (C=O) groups is 3.